The Bertz CT molecular complexity index is 1400. The Morgan fingerprint density at radius 2 is 1.74 bits per heavy atom. The van der Waals surface area contributed by atoms with Crippen molar-refractivity contribution in [3.63, 3.8) is 0 Å². The van der Waals surface area contributed by atoms with Crippen LogP contribution in [0.1, 0.15) is 63.7 Å². The SMILES string of the molecule is CCCCCCN1CCN(c2ccc(S(=O)(=O)Nc3ccc(CC(C)(C)NC[C@H](O)c4cccnc4)cc3)cc2)C1=O. The third kappa shape index (κ3) is 8.53. The molecule has 0 spiro atoms. The number of β-amino-alcohol motifs (C(OH)–C–C–N with tert-alkyl or cyclic N) is 1. The molecule has 4 rings (SSSR count). The number of urea groups is 1. The third-order valence-corrected chi connectivity index (χ3v) is 8.93. The second-order valence-electron chi connectivity index (χ2n) is 11.5. The molecule has 0 radical (unpaired) electrons. The van der Waals surface area contributed by atoms with Crippen LogP contribution in [0, 0.1) is 0 Å². The van der Waals surface area contributed by atoms with Crippen LogP contribution in [0.15, 0.2) is 78.0 Å². The molecule has 2 amide bonds. The highest BCUT2D eigenvalue weighted by Crippen LogP contribution is 2.25. The summed E-state index contributed by atoms with van der Waals surface area (Å²) in [6.07, 6.45) is 7.82. The summed E-state index contributed by atoms with van der Waals surface area (Å²) in [6, 6.07) is 17.4. The van der Waals surface area contributed by atoms with Gasteiger partial charge in [0.15, 0.2) is 0 Å². The number of nitrogens with one attached hydrogen (secondary N) is 2. The first kappa shape index (κ1) is 31.5. The first-order valence-electron chi connectivity index (χ1n) is 14.7. The fourth-order valence-electron chi connectivity index (χ4n) is 5.11. The van der Waals surface area contributed by atoms with E-state index in [1.165, 1.54) is 18.6 Å². The molecule has 1 aliphatic heterocycles. The predicted molar refractivity (Wildman–Crippen MR) is 167 cm³/mol. The van der Waals surface area contributed by atoms with Crippen molar-refractivity contribution in [2.45, 2.75) is 69.4 Å². The number of unbranched alkanes of at least 4 members (excludes halogenated alkanes) is 3. The minimum absolute atomic E-state index is 0.0247. The van der Waals surface area contributed by atoms with Crippen molar-refractivity contribution in [3.8, 4) is 0 Å². The maximum Gasteiger partial charge on any atom is 0.324 e. The van der Waals surface area contributed by atoms with E-state index in [0.29, 0.717) is 37.4 Å². The zero-order valence-corrected chi connectivity index (χ0v) is 25.6. The number of amides is 2. The van der Waals surface area contributed by atoms with Gasteiger partial charge >= 0.3 is 6.03 Å². The molecule has 2 aromatic carbocycles. The van der Waals surface area contributed by atoms with Crippen molar-refractivity contribution in [3.05, 3.63) is 84.2 Å². The number of benzene rings is 2. The molecule has 1 fully saturated rings. The van der Waals surface area contributed by atoms with Crippen LogP contribution in [0.2, 0.25) is 0 Å². The van der Waals surface area contributed by atoms with Gasteiger partial charge in [-0.15, -0.1) is 0 Å². The van der Waals surface area contributed by atoms with E-state index in [2.05, 4.69) is 35.8 Å². The average molecular weight is 594 g/mol. The molecule has 2 heterocycles. The van der Waals surface area contributed by atoms with Crippen molar-refractivity contribution < 1.29 is 18.3 Å². The van der Waals surface area contributed by atoms with Crippen LogP contribution in [0.3, 0.4) is 0 Å². The number of aromatic nitrogens is 1. The van der Waals surface area contributed by atoms with Crippen LogP contribution in [0.5, 0.6) is 0 Å². The van der Waals surface area contributed by atoms with Crippen molar-refractivity contribution in [2.24, 2.45) is 0 Å². The van der Waals surface area contributed by atoms with Gasteiger partial charge in [-0.25, -0.2) is 13.2 Å². The van der Waals surface area contributed by atoms with Gasteiger partial charge < -0.3 is 15.3 Å². The Morgan fingerprint density at radius 3 is 2.40 bits per heavy atom. The van der Waals surface area contributed by atoms with Crippen LogP contribution >= 0.6 is 0 Å². The number of carbonyl (C=O) groups is 1. The van der Waals surface area contributed by atoms with Crippen molar-refractivity contribution in [1.29, 1.82) is 0 Å². The largest absolute Gasteiger partial charge is 0.387 e. The van der Waals surface area contributed by atoms with Crippen LogP contribution in [-0.2, 0) is 16.4 Å². The molecule has 0 bridgehead atoms. The number of hydrogen-bond acceptors (Lipinski definition) is 6. The fourth-order valence-corrected chi connectivity index (χ4v) is 6.16. The number of rotatable bonds is 15. The molecule has 3 aromatic rings. The lowest BCUT2D eigenvalue weighted by atomic mass is 9.94. The van der Waals surface area contributed by atoms with E-state index < -0.39 is 16.1 Å². The number of nitrogens with zero attached hydrogens (tertiary/aromatic N) is 3. The first-order chi connectivity index (χ1) is 20.1. The highest BCUT2D eigenvalue weighted by atomic mass is 32.2. The van der Waals surface area contributed by atoms with Crippen LogP contribution < -0.4 is 14.9 Å². The molecule has 9 nitrogen and oxygen atoms in total. The summed E-state index contributed by atoms with van der Waals surface area (Å²) in [5.74, 6) is 0. The number of sulfonamides is 1. The first-order valence-corrected chi connectivity index (χ1v) is 16.2. The summed E-state index contributed by atoms with van der Waals surface area (Å²) in [5.41, 5.74) is 2.66. The quantitative estimate of drug-likeness (QED) is 0.205. The number of carbonyl (C=O) groups excluding carboxylic acids is 1. The Kier molecular flexibility index (Phi) is 10.6. The molecule has 0 unspecified atom stereocenters. The molecule has 1 aromatic heterocycles. The summed E-state index contributed by atoms with van der Waals surface area (Å²) in [7, 11) is -3.80. The van der Waals surface area contributed by atoms with Crippen LogP contribution in [-0.4, -0.2) is 61.2 Å². The van der Waals surface area contributed by atoms with Gasteiger partial charge in [0, 0.05) is 61.0 Å². The third-order valence-electron chi connectivity index (χ3n) is 7.53. The standard InChI is InChI=1S/C32H43N5O4S/c1-4-5-6-7-19-36-20-21-37(31(36)39)28-14-16-29(17-15-28)42(40,41)35-27-12-10-25(11-13-27)22-32(2,3)34-24-30(38)26-9-8-18-33-23-26/h8-18,23,30,34-35,38H,4-7,19-22,24H2,1-3H3/t30-/m0/s1. The number of hydrogen-bond donors (Lipinski definition) is 3. The molecular weight excluding hydrogens is 550 g/mol. The topological polar surface area (TPSA) is 115 Å². The Morgan fingerprint density at radius 1 is 1.00 bits per heavy atom. The monoisotopic (exact) mass is 593 g/mol. The molecule has 42 heavy (non-hydrogen) atoms. The molecule has 0 aliphatic carbocycles. The lowest BCUT2D eigenvalue weighted by molar-refractivity contribution is 0.160. The van der Waals surface area contributed by atoms with Gasteiger partial charge in [0.05, 0.1) is 11.0 Å². The van der Waals surface area contributed by atoms with Gasteiger partial charge in [-0.05, 0) is 74.7 Å². The van der Waals surface area contributed by atoms with Crippen LogP contribution in [0.4, 0.5) is 16.2 Å². The number of pyridine rings is 1. The molecular formula is C32H43N5O4S. The molecule has 1 saturated heterocycles. The van der Waals surface area contributed by atoms with Crippen molar-refractivity contribution >= 4 is 27.4 Å². The van der Waals surface area contributed by atoms with Gasteiger partial charge in [0.1, 0.15) is 0 Å². The lowest BCUT2D eigenvalue weighted by Gasteiger charge is -2.28. The fraction of sp³-hybridized carbons (Fsp3) is 0.438. The van der Waals surface area contributed by atoms with E-state index in [4.69, 9.17) is 0 Å². The summed E-state index contributed by atoms with van der Waals surface area (Å²) in [4.78, 5) is 20.6. The molecule has 10 heteroatoms. The van der Waals surface area contributed by atoms with Gasteiger partial charge in [-0.3, -0.25) is 14.6 Å². The normalized spacial score (nSPS) is 14.8. The predicted octanol–water partition coefficient (Wildman–Crippen LogP) is 5.35. The van der Waals surface area contributed by atoms with E-state index in [1.54, 1.807) is 47.6 Å². The summed E-state index contributed by atoms with van der Waals surface area (Å²) < 4.78 is 28.8. The highest BCUT2D eigenvalue weighted by Gasteiger charge is 2.29. The number of aliphatic hydroxyl groups excluding tert-OH is 1. The lowest BCUT2D eigenvalue weighted by Crippen LogP contribution is -2.43. The second-order valence-corrected chi connectivity index (χ2v) is 13.2. The zero-order chi connectivity index (χ0) is 30.2. The minimum atomic E-state index is -3.80. The van der Waals surface area contributed by atoms with E-state index in [1.807, 2.05) is 23.1 Å². The molecule has 226 valence electrons. The Labute approximate surface area is 250 Å². The molecule has 3 N–H and O–H groups in total. The second kappa shape index (κ2) is 14.1. The maximum absolute atomic E-state index is 13.1. The Balaban J connectivity index is 1.30. The Hall–Kier alpha value is -3.47. The van der Waals surface area contributed by atoms with Gasteiger partial charge in [-0.2, -0.15) is 0 Å². The summed E-state index contributed by atoms with van der Waals surface area (Å²) >= 11 is 0. The average Bonchev–Trinajstić information content (AvgIpc) is 3.35. The summed E-state index contributed by atoms with van der Waals surface area (Å²) in [6.45, 7) is 8.71. The van der Waals surface area contributed by atoms with E-state index in [0.717, 1.165) is 36.9 Å². The highest BCUT2D eigenvalue weighted by molar-refractivity contribution is 7.92. The van der Waals surface area contributed by atoms with Crippen molar-refractivity contribution in [2.75, 3.05) is 35.8 Å². The zero-order valence-electron chi connectivity index (χ0n) is 24.8. The smallest absolute Gasteiger partial charge is 0.324 e. The molecule has 1 atom stereocenters. The minimum Gasteiger partial charge on any atom is -0.387 e. The van der Waals surface area contributed by atoms with E-state index in [-0.39, 0.29) is 16.5 Å². The number of anilines is 2. The van der Waals surface area contributed by atoms with E-state index in [9.17, 15) is 18.3 Å². The van der Waals surface area contributed by atoms with Crippen LogP contribution in [0.25, 0.3) is 0 Å². The van der Waals surface area contributed by atoms with E-state index >= 15 is 0 Å². The molecule has 1 aliphatic rings. The van der Waals surface area contributed by atoms with Gasteiger partial charge in [0.2, 0.25) is 0 Å². The van der Waals surface area contributed by atoms with Gasteiger partial charge in [-0.1, -0.05) is 44.4 Å². The maximum atomic E-state index is 13.1. The number of aliphatic hydroxyl groups is 1. The van der Waals surface area contributed by atoms with Crippen molar-refractivity contribution in [1.82, 2.24) is 15.2 Å². The molecule has 0 saturated carbocycles. The van der Waals surface area contributed by atoms with Gasteiger partial charge in [0.25, 0.3) is 10.0 Å². The summed E-state index contributed by atoms with van der Waals surface area (Å²) in [5, 5.41) is 13.8.